The van der Waals surface area contributed by atoms with Gasteiger partial charge < -0.3 is 14.9 Å². The highest BCUT2D eigenvalue weighted by atomic mass is 32.2. The lowest BCUT2D eigenvalue weighted by molar-refractivity contribution is -0.139. The van der Waals surface area contributed by atoms with Crippen LogP contribution >= 0.6 is 11.9 Å². The summed E-state index contributed by atoms with van der Waals surface area (Å²) >= 11 is 1.67. The van der Waals surface area contributed by atoms with Crippen LogP contribution in [0.25, 0.3) is 10.8 Å². The monoisotopic (exact) mass is 399 g/mol. The number of fused-ring (bicyclic) bond motifs is 1. The van der Waals surface area contributed by atoms with Crippen LogP contribution < -0.4 is 9.62 Å². The highest BCUT2D eigenvalue weighted by Gasteiger charge is 2.33. The molecule has 3 rings (SSSR count). The number of anilines is 1. The van der Waals surface area contributed by atoms with Gasteiger partial charge in [-0.2, -0.15) is 0 Å². The van der Waals surface area contributed by atoms with Crippen LogP contribution in [0.3, 0.4) is 0 Å². The highest BCUT2D eigenvalue weighted by molar-refractivity contribution is 7.97. The van der Waals surface area contributed by atoms with Gasteiger partial charge in [-0.15, -0.1) is 0 Å². The van der Waals surface area contributed by atoms with E-state index in [2.05, 4.69) is 60.1 Å². The molecular weight excluding hydrogens is 370 g/mol. The van der Waals surface area contributed by atoms with E-state index in [0.29, 0.717) is 6.54 Å². The smallest absolute Gasteiger partial charge is 0.248 e. The number of nitrogens with zero attached hydrogens (tertiary/aromatic N) is 2. The first kappa shape index (κ1) is 20.7. The van der Waals surface area contributed by atoms with E-state index in [1.165, 1.54) is 32.3 Å². The lowest BCUT2D eigenvalue weighted by atomic mass is 10.1. The first-order chi connectivity index (χ1) is 13.4. The summed E-state index contributed by atoms with van der Waals surface area (Å²) in [5.41, 5.74) is 0.0899. The molecule has 1 heterocycles. The molecule has 2 aromatic rings. The van der Waals surface area contributed by atoms with Crippen molar-refractivity contribution < 1.29 is 9.90 Å². The molecule has 2 aromatic carbocycles. The number of unbranched alkanes of at least 4 members (excludes halogenated alkanes) is 2. The summed E-state index contributed by atoms with van der Waals surface area (Å²) in [6.07, 6.45) is 5.92. The summed E-state index contributed by atoms with van der Waals surface area (Å²) in [5, 5.41) is 12.6. The Bertz CT molecular complexity index is 864. The van der Waals surface area contributed by atoms with E-state index in [1.807, 2.05) is 0 Å². The summed E-state index contributed by atoms with van der Waals surface area (Å²) in [7, 11) is 4.13. The van der Waals surface area contributed by atoms with Gasteiger partial charge in [0.05, 0.1) is 0 Å². The second-order valence-corrected chi connectivity index (χ2v) is 8.43. The molecule has 2 N–H and O–H groups in total. The van der Waals surface area contributed by atoms with E-state index in [1.54, 1.807) is 24.9 Å². The van der Waals surface area contributed by atoms with E-state index in [0.717, 1.165) is 25.8 Å². The van der Waals surface area contributed by atoms with Gasteiger partial charge in [-0.3, -0.25) is 9.52 Å². The van der Waals surface area contributed by atoms with Crippen LogP contribution in [0, 0.1) is 0 Å². The third-order valence-corrected chi connectivity index (χ3v) is 5.96. The second-order valence-electron chi connectivity index (χ2n) is 7.50. The van der Waals surface area contributed by atoms with Gasteiger partial charge in [0.15, 0.2) is 5.72 Å². The van der Waals surface area contributed by atoms with Gasteiger partial charge in [-0.05, 0) is 55.3 Å². The lowest BCUT2D eigenvalue weighted by Crippen LogP contribution is -2.44. The Morgan fingerprint density at radius 2 is 1.86 bits per heavy atom. The maximum atomic E-state index is 11.7. The molecule has 0 radical (unpaired) electrons. The van der Waals surface area contributed by atoms with Crippen LogP contribution in [-0.4, -0.2) is 48.8 Å². The van der Waals surface area contributed by atoms with Crippen molar-refractivity contribution in [3.63, 3.8) is 0 Å². The third-order valence-electron chi connectivity index (χ3n) is 5.04. The Morgan fingerprint density at radius 1 is 1.11 bits per heavy atom. The Labute approximate surface area is 171 Å². The van der Waals surface area contributed by atoms with E-state index in [-0.39, 0.29) is 5.91 Å². The molecule has 1 atom stereocenters. The first-order valence-electron chi connectivity index (χ1n) is 9.72. The second kappa shape index (κ2) is 8.99. The molecule has 1 amide bonds. The standard InChI is InChI=1S/C22H29N3O2S/c1-22(27)14-13-21(26)25(22)16-6-4-5-15-23-28-20-12-8-9-17-18(20)10-7-11-19(17)24(2)3/h7-14,23,27H,4-6,15-16H2,1-3H3. The maximum Gasteiger partial charge on any atom is 0.248 e. The zero-order chi connectivity index (χ0) is 20.1. The minimum absolute atomic E-state index is 0.105. The number of rotatable bonds is 9. The summed E-state index contributed by atoms with van der Waals surface area (Å²) in [6.45, 7) is 3.14. The number of hydrogen-bond donors (Lipinski definition) is 2. The molecule has 6 heteroatoms. The molecule has 0 fully saturated rings. The number of hydrogen-bond acceptors (Lipinski definition) is 5. The Morgan fingerprint density at radius 3 is 2.57 bits per heavy atom. The van der Waals surface area contributed by atoms with E-state index in [4.69, 9.17) is 0 Å². The molecule has 0 spiro atoms. The van der Waals surface area contributed by atoms with Gasteiger partial charge in [0.1, 0.15) is 0 Å². The largest absolute Gasteiger partial charge is 0.377 e. The fourth-order valence-electron chi connectivity index (χ4n) is 3.48. The van der Waals surface area contributed by atoms with Gasteiger partial charge in [0.2, 0.25) is 5.91 Å². The lowest BCUT2D eigenvalue weighted by Gasteiger charge is -2.29. The molecule has 5 nitrogen and oxygen atoms in total. The summed E-state index contributed by atoms with van der Waals surface area (Å²) in [6, 6.07) is 12.8. The molecule has 1 unspecified atom stereocenters. The van der Waals surface area contributed by atoms with Crippen LogP contribution in [-0.2, 0) is 4.79 Å². The fourth-order valence-corrected chi connectivity index (χ4v) is 4.32. The van der Waals surface area contributed by atoms with E-state index < -0.39 is 5.72 Å². The van der Waals surface area contributed by atoms with Crippen molar-refractivity contribution in [2.24, 2.45) is 0 Å². The summed E-state index contributed by atoms with van der Waals surface area (Å²) in [4.78, 5) is 16.6. The molecule has 0 saturated heterocycles. The average Bonchev–Trinajstić information content (AvgIpc) is 2.93. The minimum Gasteiger partial charge on any atom is -0.377 e. The van der Waals surface area contributed by atoms with Crippen molar-refractivity contribution in [2.45, 2.75) is 36.8 Å². The maximum absolute atomic E-state index is 11.7. The fraction of sp³-hybridized carbons (Fsp3) is 0.409. The number of aliphatic hydroxyl groups is 1. The number of benzene rings is 2. The number of amides is 1. The van der Waals surface area contributed by atoms with Crippen molar-refractivity contribution in [3.8, 4) is 0 Å². The predicted octanol–water partition coefficient (Wildman–Crippen LogP) is 3.78. The van der Waals surface area contributed by atoms with Gasteiger partial charge in [-0.25, -0.2) is 0 Å². The minimum atomic E-state index is -1.13. The van der Waals surface area contributed by atoms with Crippen LogP contribution in [0.2, 0.25) is 0 Å². The van der Waals surface area contributed by atoms with Crippen LogP contribution in [0.15, 0.2) is 53.4 Å². The molecule has 0 aromatic heterocycles. The predicted molar refractivity (Wildman–Crippen MR) is 117 cm³/mol. The number of carbonyl (C=O) groups is 1. The molecule has 1 aliphatic heterocycles. The van der Waals surface area contributed by atoms with Crippen molar-refractivity contribution in [2.75, 3.05) is 32.1 Å². The van der Waals surface area contributed by atoms with E-state index in [9.17, 15) is 9.90 Å². The molecular formula is C22H29N3O2S. The molecule has 0 aliphatic carbocycles. The quantitative estimate of drug-likeness (QED) is 0.496. The normalized spacial score (nSPS) is 19.0. The van der Waals surface area contributed by atoms with Crippen LogP contribution in [0.1, 0.15) is 26.2 Å². The third kappa shape index (κ3) is 4.69. The van der Waals surface area contributed by atoms with E-state index >= 15 is 0 Å². The van der Waals surface area contributed by atoms with Crippen molar-refractivity contribution >= 4 is 34.3 Å². The molecule has 1 aliphatic rings. The Hall–Kier alpha value is -2.02. The van der Waals surface area contributed by atoms with Crippen molar-refractivity contribution in [1.29, 1.82) is 0 Å². The average molecular weight is 400 g/mol. The first-order valence-corrected chi connectivity index (χ1v) is 10.5. The van der Waals surface area contributed by atoms with Gasteiger partial charge in [-0.1, -0.05) is 30.7 Å². The van der Waals surface area contributed by atoms with Crippen molar-refractivity contribution in [3.05, 3.63) is 48.6 Å². The Balaban J connectivity index is 1.44. The highest BCUT2D eigenvalue weighted by Crippen LogP contribution is 2.32. The molecule has 28 heavy (non-hydrogen) atoms. The number of nitrogens with one attached hydrogen (secondary N) is 1. The molecule has 150 valence electrons. The molecule has 0 saturated carbocycles. The molecule has 0 bridgehead atoms. The zero-order valence-electron chi connectivity index (χ0n) is 16.8. The van der Waals surface area contributed by atoms with Crippen LogP contribution in [0.4, 0.5) is 5.69 Å². The SMILES string of the molecule is CN(C)c1cccc2c(SNCCCCCN3C(=O)C=CC3(C)O)cccc12. The summed E-state index contributed by atoms with van der Waals surface area (Å²) in [5.74, 6) is -0.105. The zero-order valence-corrected chi connectivity index (χ0v) is 17.6. The topological polar surface area (TPSA) is 55.8 Å². The van der Waals surface area contributed by atoms with Crippen molar-refractivity contribution in [1.82, 2.24) is 9.62 Å². The van der Waals surface area contributed by atoms with Crippen LogP contribution in [0.5, 0.6) is 0 Å². The Kier molecular flexibility index (Phi) is 6.65. The van der Waals surface area contributed by atoms with Gasteiger partial charge >= 0.3 is 0 Å². The van der Waals surface area contributed by atoms with Gasteiger partial charge in [0, 0.05) is 49.2 Å². The number of carbonyl (C=O) groups excluding carboxylic acids is 1. The van der Waals surface area contributed by atoms with Gasteiger partial charge in [0.25, 0.3) is 0 Å². The summed E-state index contributed by atoms with van der Waals surface area (Å²) < 4.78 is 3.46.